The van der Waals surface area contributed by atoms with Gasteiger partial charge in [0.05, 0.1) is 0 Å². The zero-order valence-corrected chi connectivity index (χ0v) is 9.72. The summed E-state index contributed by atoms with van der Waals surface area (Å²) in [5.41, 5.74) is 1.82. The molecule has 0 saturated carbocycles. The second kappa shape index (κ2) is 7.03. The van der Waals surface area contributed by atoms with Crippen LogP contribution in [0.25, 0.3) is 0 Å². The highest BCUT2D eigenvalue weighted by molar-refractivity contribution is 5.23. The third-order valence-electron chi connectivity index (χ3n) is 2.48. The highest BCUT2D eigenvalue weighted by Crippen LogP contribution is 2.08. The summed E-state index contributed by atoms with van der Waals surface area (Å²) >= 11 is 0. The smallest absolute Gasteiger partial charge is 0.126 e. The van der Waals surface area contributed by atoms with Gasteiger partial charge in [-0.2, -0.15) is 0 Å². The average Bonchev–Trinajstić information content (AvgIpc) is 2.28. The summed E-state index contributed by atoms with van der Waals surface area (Å²) in [5, 5.41) is 3.32. The van der Waals surface area contributed by atoms with Crippen molar-refractivity contribution in [3.63, 3.8) is 0 Å². The molecule has 1 N–H and O–H groups in total. The third-order valence-corrected chi connectivity index (χ3v) is 2.48. The van der Waals surface area contributed by atoms with E-state index >= 15 is 0 Å². The molecule has 0 aromatic heterocycles. The van der Waals surface area contributed by atoms with Gasteiger partial charge in [0.25, 0.3) is 0 Å². The third kappa shape index (κ3) is 4.46. The van der Waals surface area contributed by atoms with Crippen LogP contribution in [0.4, 0.5) is 4.39 Å². The van der Waals surface area contributed by atoms with Crippen molar-refractivity contribution in [2.45, 2.75) is 32.7 Å². The first-order valence-corrected chi connectivity index (χ1v) is 5.63. The fourth-order valence-electron chi connectivity index (χ4n) is 1.53. The average molecular weight is 219 g/mol. The highest BCUT2D eigenvalue weighted by Gasteiger charge is 1.98. The van der Waals surface area contributed by atoms with E-state index in [9.17, 15) is 4.39 Å². The number of hydrogen-bond acceptors (Lipinski definition) is 1. The predicted octanol–water partition coefficient (Wildman–Crippen LogP) is 3.03. The Morgan fingerprint density at radius 2 is 2.19 bits per heavy atom. The van der Waals surface area contributed by atoms with Crippen LogP contribution in [-0.2, 0) is 6.54 Å². The first-order chi connectivity index (χ1) is 7.74. The standard InChI is InChI=1S/C14H18FN/c1-3-4-5-6-9-16-11-13-7-8-14(15)12(2)10-13/h1,7-8,10,16H,4-6,9,11H2,2H3. The molecule has 0 aliphatic heterocycles. The van der Waals surface area contributed by atoms with E-state index in [-0.39, 0.29) is 5.82 Å². The van der Waals surface area contributed by atoms with Gasteiger partial charge in [-0.25, -0.2) is 4.39 Å². The Bertz CT molecular complexity index is 365. The van der Waals surface area contributed by atoms with Crippen LogP contribution in [-0.4, -0.2) is 6.54 Å². The Labute approximate surface area is 97.1 Å². The van der Waals surface area contributed by atoms with Crippen molar-refractivity contribution in [3.05, 3.63) is 35.1 Å². The van der Waals surface area contributed by atoms with Crippen LogP contribution < -0.4 is 5.32 Å². The Hall–Kier alpha value is -1.33. The Morgan fingerprint density at radius 1 is 1.38 bits per heavy atom. The van der Waals surface area contributed by atoms with Crippen molar-refractivity contribution in [3.8, 4) is 12.3 Å². The van der Waals surface area contributed by atoms with E-state index in [0.717, 1.165) is 37.9 Å². The highest BCUT2D eigenvalue weighted by atomic mass is 19.1. The Morgan fingerprint density at radius 3 is 2.88 bits per heavy atom. The molecule has 0 heterocycles. The summed E-state index contributed by atoms with van der Waals surface area (Å²) in [6.45, 7) is 3.53. The van der Waals surface area contributed by atoms with Gasteiger partial charge < -0.3 is 5.32 Å². The van der Waals surface area contributed by atoms with Gasteiger partial charge in [0, 0.05) is 13.0 Å². The number of hydrogen-bond donors (Lipinski definition) is 1. The lowest BCUT2D eigenvalue weighted by Crippen LogP contribution is -2.14. The van der Waals surface area contributed by atoms with E-state index in [1.165, 1.54) is 6.07 Å². The van der Waals surface area contributed by atoms with Crippen molar-refractivity contribution in [2.75, 3.05) is 6.54 Å². The molecule has 0 aliphatic rings. The summed E-state index contributed by atoms with van der Waals surface area (Å²) in [5.74, 6) is 2.48. The zero-order chi connectivity index (χ0) is 11.8. The molecule has 0 saturated heterocycles. The molecule has 16 heavy (non-hydrogen) atoms. The first-order valence-electron chi connectivity index (χ1n) is 5.63. The molecule has 0 bridgehead atoms. The van der Waals surface area contributed by atoms with E-state index in [1.54, 1.807) is 6.92 Å². The van der Waals surface area contributed by atoms with E-state index < -0.39 is 0 Å². The fraction of sp³-hybridized carbons (Fsp3) is 0.429. The quantitative estimate of drug-likeness (QED) is 0.573. The Kier molecular flexibility index (Phi) is 5.60. The molecule has 0 atom stereocenters. The zero-order valence-electron chi connectivity index (χ0n) is 9.72. The molecular formula is C14H18FN. The normalized spacial score (nSPS) is 10.1. The molecular weight excluding hydrogens is 201 g/mol. The SMILES string of the molecule is C#CCCCCNCc1ccc(F)c(C)c1. The minimum absolute atomic E-state index is 0.141. The van der Waals surface area contributed by atoms with E-state index in [4.69, 9.17) is 6.42 Å². The monoisotopic (exact) mass is 219 g/mol. The molecule has 1 aromatic carbocycles. The largest absolute Gasteiger partial charge is 0.313 e. The van der Waals surface area contributed by atoms with E-state index in [0.29, 0.717) is 5.56 Å². The maximum Gasteiger partial charge on any atom is 0.126 e. The van der Waals surface area contributed by atoms with Crippen molar-refractivity contribution in [1.29, 1.82) is 0 Å². The molecule has 1 rings (SSSR count). The minimum atomic E-state index is -0.141. The summed E-state index contributed by atoms with van der Waals surface area (Å²) < 4.78 is 13.0. The molecule has 0 aliphatic carbocycles. The molecule has 0 unspecified atom stereocenters. The van der Waals surface area contributed by atoms with Crippen LogP contribution >= 0.6 is 0 Å². The topological polar surface area (TPSA) is 12.0 Å². The van der Waals surface area contributed by atoms with E-state index in [2.05, 4.69) is 11.2 Å². The van der Waals surface area contributed by atoms with Gasteiger partial charge in [0.2, 0.25) is 0 Å². The van der Waals surface area contributed by atoms with Crippen LogP contribution in [0.3, 0.4) is 0 Å². The molecule has 2 heteroatoms. The predicted molar refractivity (Wildman–Crippen MR) is 65.5 cm³/mol. The van der Waals surface area contributed by atoms with Crippen molar-refractivity contribution in [1.82, 2.24) is 5.32 Å². The van der Waals surface area contributed by atoms with Gasteiger partial charge in [-0.15, -0.1) is 12.3 Å². The fourth-order valence-corrected chi connectivity index (χ4v) is 1.53. The number of nitrogens with one attached hydrogen (secondary N) is 1. The Balaban J connectivity index is 2.22. The van der Waals surface area contributed by atoms with Gasteiger partial charge in [-0.3, -0.25) is 0 Å². The summed E-state index contributed by atoms with van der Waals surface area (Å²) in [7, 11) is 0. The summed E-state index contributed by atoms with van der Waals surface area (Å²) in [4.78, 5) is 0. The van der Waals surface area contributed by atoms with Crippen LogP contribution in [0.1, 0.15) is 30.4 Å². The maximum absolute atomic E-state index is 13.0. The second-order valence-electron chi connectivity index (χ2n) is 3.92. The molecule has 1 nitrogen and oxygen atoms in total. The first kappa shape index (κ1) is 12.7. The molecule has 86 valence electrons. The molecule has 1 aromatic rings. The minimum Gasteiger partial charge on any atom is -0.313 e. The lowest BCUT2D eigenvalue weighted by Gasteiger charge is -2.05. The van der Waals surface area contributed by atoms with Crippen molar-refractivity contribution >= 4 is 0 Å². The number of terminal acetylenes is 1. The van der Waals surface area contributed by atoms with Gasteiger partial charge in [-0.1, -0.05) is 12.1 Å². The number of benzene rings is 1. The van der Waals surface area contributed by atoms with Crippen LogP contribution in [0.5, 0.6) is 0 Å². The maximum atomic E-state index is 13.0. The van der Waals surface area contributed by atoms with Crippen LogP contribution in [0, 0.1) is 25.1 Å². The van der Waals surface area contributed by atoms with Crippen LogP contribution in [0.15, 0.2) is 18.2 Å². The van der Waals surface area contributed by atoms with Crippen LogP contribution in [0.2, 0.25) is 0 Å². The number of aryl methyl sites for hydroxylation is 1. The van der Waals surface area contributed by atoms with Crippen molar-refractivity contribution < 1.29 is 4.39 Å². The summed E-state index contributed by atoms with van der Waals surface area (Å²) in [6.07, 6.45) is 8.15. The van der Waals surface area contributed by atoms with Gasteiger partial charge in [-0.05, 0) is 43.5 Å². The lowest BCUT2D eigenvalue weighted by atomic mass is 10.1. The van der Waals surface area contributed by atoms with Gasteiger partial charge in [0.15, 0.2) is 0 Å². The molecule has 0 spiro atoms. The second-order valence-corrected chi connectivity index (χ2v) is 3.92. The molecule has 0 amide bonds. The lowest BCUT2D eigenvalue weighted by molar-refractivity contribution is 0.611. The molecule has 0 radical (unpaired) electrons. The number of rotatable bonds is 6. The molecule has 0 fully saturated rings. The van der Waals surface area contributed by atoms with Gasteiger partial charge >= 0.3 is 0 Å². The van der Waals surface area contributed by atoms with Crippen molar-refractivity contribution in [2.24, 2.45) is 0 Å². The summed E-state index contributed by atoms with van der Waals surface area (Å²) in [6, 6.07) is 5.21. The van der Waals surface area contributed by atoms with E-state index in [1.807, 2.05) is 12.1 Å². The number of halogens is 1. The number of unbranched alkanes of at least 4 members (excludes halogenated alkanes) is 2. The van der Waals surface area contributed by atoms with Gasteiger partial charge in [0.1, 0.15) is 5.82 Å².